The summed E-state index contributed by atoms with van der Waals surface area (Å²) >= 11 is 0. The highest BCUT2D eigenvalue weighted by Crippen LogP contribution is 2.33. The molecule has 27 heavy (non-hydrogen) atoms. The van der Waals surface area contributed by atoms with E-state index in [0.29, 0.717) is 30.3 Å². The Morgan fingerprint density at radius 2 is 1.93 bits per heavy atom. The van der Waals surface area contributed by atoms with E-state index in [1.807, 2.05) is 0 Å². The van der Waals surface area contributed by atoms with Crippen LogP contribution in [0, 0.1) is 10.1 Å². The first-order valence-electron chi connectivity index (χ1n) is 8.03. The van der Waals surface area contributed by atoms with Crippen LogP contribution in [0.3, 0.4) is 0 Å². The van der Waals surface area contributed by atoms with Gasteiger partial charge < -0.3 is 19.5 Å². The van der Waals surface area contributed by atoms with Crippen LogP contribution in [-0.2, 0) is 11.3 Å². The summed E-state index contributed by atoms with van der Waals surface area (Å²) in [6.07, 6.45) is 0. The number of carbonyl (C=O) groups is 2. The minimum absolute atomic E-state index is 0.0217. The summed E-state index contributed by atoms with van der Waals surface area (Å²) in [6, 6.07) is 8.72. The van der Waals surface area contributed by atoms with Crippen molar-refractivity contribution in [3.05, 3.63) is 63.2 Å². The molecule has 3 rings (SSSR count). The Hall–Kier alpha value is -3.62. The zero-order valence-electron chi connectivity index (χ0n) is 14.4. The van der Waals surface area contributed by atoms with Gasteiger partial charge in [-0.15, -0.1) is 0 Å². The van der Waals surface area contributed by atoms with Gasteiger partial charge in [0.05, 0.1) is 17.6 Å². The topological polar surface area (TPSA) is 117 Å². The number of nitrogens with zero attached hydrogens (tertiary/aromatic N) is 1. The number of nitro groups is 1. The van der Waals surface area contributed by atoms with Crippen molar-refractivity contribution in [1.29, 1.82) is 0 Å². The van der Waals surface area contributed by atoms with Crippen LogP contribution in [0.15, 0.2) is 36.4 Å². The number of fused-ring (bicyclic) bond motifs is 1. The molecule has 1 amide bonds. The maximum absolute atomic E-state index is 12.5. The van der Waals surface area contributed by atoms with Gasteiger partial charge in [-0.25, -0.2) is 4.79 Å². The molecule has 9 nitrogen and oxygen atoms in total. The highest BCUT2D eigenvalue weighted by molar-refractivity contribution is 5.99. The smallest absolute Gasteiger partial charge is 0.338 e. The van der Waals surface area contributed by atoms with Gasteiger partial charge in [-0.3, -0.25) is 14.9 Å². The van der Waals surface area contributed by atoms with Crippen LogP contribution in [-0.4, -0.2) is 37.1 Å². The van der Waals surface area contributed by atoms with Crippen LogP contribution in [0.2, 0.25) is 0 Å². The molecule has 0 spiro atoms. The summed E-state index contributed by atoms with van der Waals surface area (Å²) in [7, 11) is 1.15. The van der Waals surface area contributed by atoms with Crippen molar-refractivity contribution in [2.75, 3.05) is 20.3 Å². The molecule has 0 saturated carbocycles. The van der Waals surface area contributed by atoms with Crippen LogP contribution in [0.25, 0.3) is 0 Å². The van der Waals surface area contributed by atoms with Gasteiger partial charge in [-0.05, 0) is 12.1 Å². The third-order valence-corrected chi connectivity index (χ3v) is 3.90. The van der Waals surface area contributed by atoms with E-state index in [2.05, 4.69) is 10.1 Å². The summed E-state index contributed by atoms with van der Waals surface area (Å²) in [5.41, 5.74) is 0.230. The average molecular weight is 372 g/mol. The fourth-order valence-corrected chi connectivity index (χ4v) is 2.63. The number of nitrogens with one attached hydrogen (secondary N) is 1. The predicted octanol–water partition coefficient (Wildman–Crippen LogP) is 2.08. The number of nitro benzene ring substituents is 1. The number of benzene rings is 2. The molecule has 0 aliphatic carbocycles. The van der Waals surface area contributed by atoms with Crippen LogP contribution >= 0.6 is 0 Å². The van der Waals surface area contributed by atoms with Crippen LogP contribution in [0.1, 0.15) is 26.3 Å². The van der Waals surface area contributed by atoms with E-state index in [9.17, 15) is 19.7 Å². The maximum Gasteiger partial charge on any atom is 0.338 e. The Labute approximate surface area is 154 Å². The standard InChI is InChI=1S/C18H16N2O7/c1-25-18(22)13-7-12(8-14(9-13)20(23)24)17(21)19-10-11-3-2-4-15-16(11)27-6-5-26-15/h2-4,7-9H,5-6,10H2,1H3,(H,19,21). The molecule has 140 valence electrons. The van der Waals surface area contributed by atoms with E-state index in [1.54, 1.807) is 18.2 Å². The number of esters is 1. The molecule has 1 aliphatic heterocycles. The number of hydrogen-bond acceptors (Lipinski definition) is 7. The molecule has 0 atom stereocenters. The lowest BCUT2D eigenvalue weighted by molar-refractivity contribution is -0.384. The van der Waals surface area contributed by atoms with Gasteiger partial charge in [0.15, 0.2) is 11.5 Å². The second-order valence-corrected chi connectivity index (χ2v) is 5.64. The molecule has 1 heterocycles. The zero-order valence-corrected chi connectivity index (χ0v) is 14.4. The number of amides is 1. The Bertz CT molecular complexity index is 911. The summed E-state index contributed by atoms with van der Waals surface area (Å²) in [5, 5.41) is 13.7. The predicted molar refractivity (Wildman–Crippen MR) is 93.0 cm³/mol. The van der Waals surface area contributed by atoms with Crippen molar-refractivity contribution >= 4 is 17.6 Å². The molecule has 0 aromatic heterocycles. The summed E-state index contributed by atoms with van der Waals surface area (Å²) in [4.78, 5) is 34.6. The highest BCUT2D eigenvalue weighted by atomic mass is 16.6. The lowest BCUT2D eigenvalue weighted by Gasteiger charge is -2.21. The lowest BCUT2D eigenvalue weighted by atomic mass is 10.1. The fraction of sp³-hybridized carbons (Fsp3) is 0.222. The molecule has 0 radical (unpaired) electrons. The number of ether oxygens (including phenoxy) is 3. The van der Waals surface area contributed by atoms with Crippen molar-refractivity contribution < 1.29 is 28.7 Å². The first-order valence-corrected chi connectivity index (χ1v) is 8.03. The summed E-state index contributed by atoms with van der Waals surface area (Å²) < 4.78 is 15.6. The minimum atomic E-state index is -0.768. The minimum Gasteiger partial charge on any atom is -0.486 e. The number of para-hydroxylation sites is 1. The van der Waals surface area contributed by atoms with E-state index >= 15 is 0 Å². The van der Waals surface area contributed by atoms with Crippen LogP contribution in [0.4, 0.5) is 5.69 Å². The van der Waals surface area contributed by atoms with Crippen molar-refractivity contribution in [3.63, 3.8) is 0 Å². The first-order chi connectivity index (χ1) is 13.0. The van der Waals surface area contributed by atoms with Crippen molar-refractivity contribution in [2.24, 2.45) is 0 Å². The third kappa shape index (κ3) is 3.97. The van der Waals surface area contributed by atoms with E-state index < -0.39 is 16.8 Å². The number of methoxy groups -OCH3 is 1. The Kier molecular flexibility index (Phi) is 5.20. The molecule has 0 saturated heterocycles. The van der Waals surface area contributed by atoms with E-state index in [1.165, 1.54) is 6.07 Å². The molecular weight excluding hydrogens is 356 g/mol. The van der Waals surface area contributed by atoms with Gasteiger partial charge in [-0.1, -0.05) is 12.1 Å². The monoisotopic (exact) mass is 372 g/mol. The van der Waals surface area contributed by atoms with Gasteiger partial charge in [0.2, 0.25) is 0 Å². The molecule has 2 aromatic carbocycles. The van der Waals surface area contributed by atoms with Crippen molar-refractivity contribution in [3.8, 4) is 11.5 Å². The number of non-ortho nitro benzene ring substituents is 1. The van der Waals surface area contributed by atoms with Crippen molar-refractivity contribution in [2.45, 2.75) is 6.54 Å². The average Bonchev–Trinajstić information content (AvgIpc) is 2.70. The fourth-order valence-electron chi connectivity index (χ4n) is 2.63. The SMILES string of the molecule is COC(=O)c1cc(C(=O)NCc2cccc3c2OCCO3)cc([N+](=O)[O-])c1. The van der Waals surface area contributed by atoms with Gasteiger partial charge in [-0.2, -0.15) is 0 Å². The second kappa shape index (κ2) is 7.73. The first kappa shape index (κ1) is 18.2. The molecule has 0 bridgehead atoms. The van der Waals surface area contributed by atoms with Gasteiger partial charge in [0.25, 0.3) is 11.6 Å². The molecule has 2 aromatic rings. The van der Waals surface area contributed by atoms with Crippen molar-refractivity contribution in [1.82, 2.24) is 5.32 Å². The number of rotatable bonds is 5. The molecule has 1 N–H and O–H groups in total. The van der Waals surface area contributed by atoms with Crippen LogP contribution < -0.4 is 14.8 Å². The normalized spacial score (nSPS) is 12.2. The second-order valence-electron chi connectivity index (χ2n) is 5.64. The van der Waals surface area contributed by atoms with Crippen LogP contribution in [0.5, 0.6) is 11.5 Å². The van der Waals surface area contributed by atoms with Gasteiger partial charge in [0, 0.05) is 29.8 Å². The van der Waals surface area contributed by atoms with Gasteiger partial charge in [0.1, 0.15) is 13.2 Å². The summed E-state index contributed by atoms with van der Waals surface area (Å²) in [5.74, 6) is -0.191. The Morgan fingerprint density at radius 1 is 1.19 bits per heavy atom. The largest absolute Gasteiger partial charge is 0.486 e. The molecule has 0 fully saturated rings. The molecule has 1 aliphatic rings. The van der Waals surface area contributed by atoms with E-state index in [0.717, 1.165) is 19.2 Å². The Morgan fingerprint density at radius 3 is 2.67 bits per heavy atom. The Balaban J connectivity index is 1.81. The summed E-state index contributed by atoms with van der Waals surface area (Å²) in [6.45, 7) is 0.986. The van der Waals surface area contributed by atoms with Gasteiger partial charge >= 0.3 is 5.97 Å². The maximum atomic E-state index is 12.5. The zero-order chi connectivity index (χ0) is 19.4. The van der Waals surface area contributed by atoms with E-state index in [4.69, 9.17) is 9.47 Å². The number of carbonyl (C=O) groups excluding carboxylic acids is 2. The molecule has 0 unspecified atom stereocenters. The molecule has 9 heteroatoms. The van der Waals surface area contributed by atoms with E-state index in [-0.39, 0.29) is 23.4 Å². The highest BCUT2D eigenvalue weighted by Gasteiger charge is 2.20. The lowest BCUT2D eigenvalue weighted by Crippen LogP contribution is -2.24. The molecular formula is C18H16N2O7. The number of hydrogen-bond donors (Lipinski definition) is 1. The third-order valence-electron chi connectivity index (χ3n) is 3.90. The quantitative estimate of drug-likeness (QED) is 0.485.